The third kappa shape index (κ3) is 3.52. The molecule has 0 atom stereocenters. The predicted molar refractivity (Wildman–Crippen MR) is 130 cm³/mol. The Balaban J connectivity index is 2.02. The van der Waals surface area contributed by atoms with Gasteiger partial charge in [0.05, 0.1) is 25.3 Å². The summed E-state index contributed by atoms with van der Waals surface area (Å²) in [6, 6.07) is 14.2. The van der Waals surface area contributed by atoms with Crippen LogP contribution in [0.2, 0.25) is 0 Å². The van der Waals surface area contributed by atoms with E-state index in [1.54, 1.807) is 6.07 Å². The lowest BCUT2D eigenvalue weighted by Gasteiger charge is -2.14. The SMILES string of the molecule is [C-]#[N+]/C(C#N)=c1/c2c(/c(=C(\C#N)[N+]#[C-])c3c1-c1cc(C)ccc1C3)-c1cc(SC(F)(F)F)ccc1C2. The average Bonchev–Trinajstić information content (AvgIpc) is 3.38. The number of hydrogen-bond acceptors (Lipinski definition) is 3. The lowest BCUT2D eigenvalue weighted by atomic mass is 9.90. The number of nitriles is 2. The van der Waals surface area contributed by atoms with E-state index >= 15 is 0 Å². The first kappa shape index (κ1) is 23.3. The quantitative estimate of drug-likeness (QED) is 0.217. The molecule has 3 aromatic carbocycles. The summed E-state index contributed by atoms with van der Waals surface area (Å²) in [6.07, 6.45) is 0.653. The standard InChI is InChI=1S/C28H13F3N4S/c1-14-4-5-15-9-20-24(18(15)8-14)26(22(12-32)34-2)21-10-16-6-7-17(36-28(29,30)31)11-19(16)25(21)27(20)23(13-33)35-3/h4-8,11H,9-10H2,1H3/b26-22-,27-23+. The molecule has 0 spiro atoms. The van der Waals surface area contributed by atoms with Gasteiger partial charge in [0.2, 0.25) is 0 Å². The van der Waals surface area contributed by atoms with Gasteiger partial charge >= 0.3 is 5.51 Å². The number of aryl methyl sites for hydroxylation is 1. The molecule has 8 heteroatoms. The molecule has 2 aliphatic carbocycles. The van der Waals surface area contributed by atoms with Gasteiger partial charge in [0.25, 0.3) is 11.4 Å². The van der Waals surface area contributed by atoms with E-state index in [-0.39, 0.29) is 34.5 Å². The number of halogens is 3. The number of fused-ring (bicyclic) bond motifs is 6. The highest BCUT2D eigenvalue weighted by molar-refractivity contribution is 8.00. The second-order valence-electron chi connectivity index (χ2n) is 8.48. The van der Waals surface area contributed by atoms with Crippen LogP contribution in [0.3, 0.4) is 0 Å². The van der Waals surface area contributed by atoms with Gasteiger partial charge in [0.15, 0.2) is 0 Å². The van der Waals surface area contributed by atoms with Gasteiger partial charge < -0.3 is 0 Å². The van der Waals surface area contributed by atoms with E-state index in [0.29, 0.717) is 44.7 Å². The number of alkyl halides is 3. The van der Waals surface area contributed by atoms with Crippen molar-refractivity contribution in [2.24, 2.45) is 0 Å². The highest BCUT2D eigenvalue weighted by atomic mass is 32.2. The Bertz CT molecular complexity index is 1770. The van der Waals surface area contributed by atoms with Crippen LogP contribution >= 0.6 is 11.8 Å². The van der Waals surface area contributed by atoms with Crippen molar-refractivity contribution >= 4 is 23.2 Å². The van der Waals surface area contributed by atoms with E-state index in [1.165, 1.54) is 12.1 Å². The molecule has 0 aromatic heterocycles. The molecule has 0 fully saturated rings. The van der Waals surface area contributed by atoms with Gasteiger partial charge in [0, 0.05) is 15.3 Å². The fraction of sp³-hybridized carbons (Fsp3) is 0.143. The van der Waals surface area contributed by atoms with Crippen molar-refractivity contribution in [2.75, 3.05) is 0 Å². The molecule has 0 N–H and O–H groups in total. The van der Waals surface area contributed by atoms with Crippen LogP contribution in [-0.4, -0.2) is 5.51 Å². The predicted octanol–water partition coefficient (Wildman–Crippen LogP) is 5.85. The maximum atomic E-state index is 13.1. The van der Waals surface area contributed by atoms with Crippen molar-refractivity contribution in [3.8, 4) is 34.4 Å². The molecule has 3 aromatic rings. The fourth-order valence-corrected chi connectivity index (χ4v) is 5.78. The first-order valence-corrected chi connectivity index (χ1v) is 11.5. The zero-order valence-electron chi connectivity index (χ0n) is 18.7. The topological polar surface area (TPSA) is 56.3 Å². The highest BCUT2D eigenvalue weighted by Gasteiger charge is 2.33. The van der Waals surface area contributed by atoms with Crippen LogP contribution < -0.4 is 10.4 Å². The second kappa shape index (κ2) is 8.31. The van der Waals surface area contributed by atoms with Crippen molar-refractivity contribution in [3.05, 3.63) is 97.5 Å². The fourth-order valence-electron chi connectivity index (χ4n) is 5.20. The molecule has 172 valence electrons. The van der Waals surface area contributed by atoms with Crippen molar-refractivity contribution in [1.29, 1.82) is 10.5 Å². The van der Waals surface area contributed by atoms with Gasteiger partial charge in [-0.3, -0.25) is 0 Å². The maximum absolute atomic E-state index is 13.1. The van der Waals surface area contributed by atoms with Crippen LogP contribution in [0.25, 0.3) is 43.3 Å². The van der Waals surface area contributed by atoms with E-state index in [0.717, 1.165) is 22.3 Å². The molecular formula is C28H13F3N4S. The minimum Gasteiger partial charge on any atom is -0.226 e. The number of thioether (sulfide) groups is 1. The monoisotopic (exact) mass is 494 g/mol. The van der Waals surface area contributed by atoms with Crippen molar-refractivity contribution in [3.63, 3.8) is 0 Å². The summed E-state index contributed by atoms with van der Waals surface area (Å²) in [4.78, 5) is 6.94. The summed E-state index contributed by atoms with van der Waals surface area (Å²) in [5, 5.41) is 20.6. The summed E-state index contributed by atoms with van der Waals surface area (Å²) in [5.74, 6) is 0. The zero-order chi connectivity index (χ0) is 25.8. The molecule has 36 heavy (non-hydrogen) atoms. The van der Waals surface area contributed by atoms with Crippen molar-refractivity contribution in [2.45, 2.75) is 30.2 Å². The van der Waals surface area contributed by atoms with Crippen LogP contribution in [0.15, 0.2) is 41.3 Å². The largest absolute Gasteiger partial charge is 0.446 e. The van der Waals surface area contributed by atoms with Crippen LogP contribution in [0.5, 0.6) is 0 Å². The van der Waals surface area contributed by atoms with Crippen LogP contribution in [0.1, 0.15) is 27.8 Å². The molecule has 0 amide bonds. The smallest absolute Gasteiger partial charge is 0.226 e. The lowest BCUT2D eigenvalue weighted by molar-refractivity contribution is -0.0328. The Morgan fingerprint density at radius 1 is 0.861 bits per heavy atom. The minimum absolute atomic E-state index is 0.0167. The lowest BCUT2D eigenvalue weighted by Crippen LogP contribution is -2.25. The summed E-state index contributed by atoms with van der Waals surface area (Å²) in [5.41, 5.74) is 1.56. The first-order chi connectivity index (χ1) is 17.2. The van der Waals surface area contributed by atoms with E-state index < -0.39 is 5.51 Å². The summed E-state index contributed by atoms with van der Waals surface area (Å²) >= 11 is -0.235. The molecule has 0 unspecified atom stereocenters. The van der Waals surface area contributed by atoms with E-state index in [1.807, 2.05) is 37.3 Å². The number of rotatable bonds is 1. The molecule has 0 bridgehead atoms. The van der Waals surface area contributed by atoms with Gasteiger partial charge in [-0.1, -0.05) is 29.8 Å². The Labute approximate surface area is 208 Å². The van der Waals surface area contributed by atoms with Crippen molar-refractivity contribution < 1.29 is 13.2 Å². The third-order valence-corrected chi connectivity index (χ3v) is 7.19. The summed E-state index contributed by atoms with van der Waals surface area (Å²) < 4.78 is 39.4. The average molecular weight is 495 g/mol. The molecule has 0 aliphatic heterocycles. The Hall–Kier alpha value is -4.50. The Morgan fingerprint density at radius 3 is 1.83 bits per heavy atom. The normalized spacial score (nSPS) is 14.2. The molecular weight excluding hydrogens is 481 g/mol. The van der Waals surface area contributed by atoms with Crippen LogP contribution in [-0.2, 0) is 12.8 Å². The van der Waals surface area contributed by atoms with Gasteiger partial charge in [-0.2, -0.15) is 13.2 Å². The van der Waals surface area contributed by atoms with E-state index in [2.05, 4.69) is 9.69 Å². The molecule has 0 saturated carbocycles. The number of nitrogens with zero attached hydrogens (tertiary/aromatic N) is 4. The molecule has 5 rings (SSSR count). The third-order valence-electron chi connectivity index (χ3n) is 6.47. The van der Waals surface area contributed by atoms with Gasteiger partial charge in [0.1, 0.15) is 0 Å². The first-order valence-electron chi connectivity index (χ1n) is 10.7. The highest BCUT2D eigenvalue weighted by Crippen LogP contribution is 2.44. The zero-order valence-corrected chi connectivity index (χ0v) is 19.5. The minimum atomic E-state index is -4.48. The van der Waals surface area contributed by atoms with Crippen LogP contribution in [0.4, 0.5) is 13.2 Å². The molecule has 2 aliphatic rings. The molecule has 0 radical (unpaired) electrons. The maximum Gasteiger partial charge on any atom is 0.446 e. The molecule has 0 saturated heterocycles. The van der Waals surface area contributed by atoms with Gasteiger partial charge in [-0.05, 0) is 88.2 Å². The van der Waals surface area contributed by atoms with Crippen LogP contribution in [0, 0.1) is 42.7 Å². The van der Waals surface area contributed by atoms with Gasteiger partial charge in [-0.15, -0.1) is 0 Å². The number of benzene rings is 3. The molecule has 0 heterocycles. The molecule has 4 nitrogen and oxygen atoms in total. The Kier molecular flexibility index (Phi) is 5.37. The van der Waals surface area contributed by atoms with Crippen molar-refractivity contribution in [1.82, 2.24) is 0 Å². The van der Waals surface area contributed by atoms with E-state index in [9.17, 15) is 23.7 Å². The summed E-state index contributed by atoms with van der Waals surface area (Å²) in [6.45, 7) is 17.3. The van der Waals surface area contributed by atoms with Gasteiger partial charge in [-0.25, -0.2) is 20.2 Å². The van der Waals surface area contributed by atoms with E-state index in [4.69, 9.17) is 13.1 Å². The second-order valence-corrected chi connectivity index (χ2v) is 9.62. The number of hydrogen-bond donors (Lipinski definition) is 0. The Morgan fingerprint density at radius 2 is 1.36 bits per heavy atom. The summed E-state index contributed by atoms with van der Waals surface area (Å²) in [7, 11) is 0.